The highest BCUT2D eigenvalue weighted by molar-refractivity contribution is 5.89. The molecule has 0 saturated heterocycles. The second-order valence-corrected chi connectivity index (χ2v) is 4.46. The topological polar surface area (TPSA) is 79.6 Å². The predicted octanol–water partition coefficient (Wildman–Crippen LogP) is 2.18. The summed E-state index contributed by atoms with van der Waals surface area (Å²) in [6.45, 7) is 4.06. The Morgan fingerprint density at radius 2 is 1.90 bits per heavy atom. The average Bonchev–Trinajstić information content (AvgIpc) is 2.48. The van der Waals surface area contributed by atoms with Gasteiger partial charge in [0, 0.05) is 12.4 Å². The summed E-state index contributed by atoms with van der Waals surface area (Å²) in [5.74, 6) is -0.256. The number of hydrogen-bond donors (Lipinski definition) is 2. The lowest BCUT2D eigenvalue weighted by Crippen LogP contribution is -2.06. The predicted molar refractivity (Wildman–Crippen MR) is 77.4 cm³/mol. The highest BCUT2D eigenvalue weighted by atomic mass is 16.5. The van der Waals surface area contributed by atoms with Gasteiger partial charge in [0.05, 0.1) is 24.9 Å². The molecule has 0 aliphatic carbocycles. The number of carbonyl (C=O) groups excluding carboxylic acids is 1. The van der Waals surface area contributed by atoms with Crippen molar-refractivity contribution in [2.75, 3.05) is 13.2 Å². The maximum absolute atomic E-state index is 11.4. The van der Waals surface area contributed by atoms with Gasteiger partial charge in [0.15, 0.2) is 0 Å². The quantitative estimate of drug-likeness (QED) is 0.592. The van der Waals surface area contributed by atoms with E-state index in [-0.39, 0.29) is 12.6 Å². The zero-order valence-electron chi connectivity index (χ0n) is 12.3. The van der Waals surface area contributed by atoms with Gasteiger partial charge in [-0.15, -0.1) is 0 Å². The van der Waals surface area contributed by atoms with Crippen LogP contribution in [-0.2, 0) is 4.74 Å². The zero-order chi connectivity index (χ0) is 15.2. The van der Waals surface area contributed by atoms with E-state index in [4.69, 9.17) is 14.9 Å². The number of rotatable bonds is 7. The van der Waals surface area contributed by atoms with Crippen molar-refractivity contribution in [1.82, 2.24) is 4.98 Å². The molecule has 1 atom stereocenters. The van der Waals surface area contributed by atoms with E-state index >= 15 is 0 Å². The van der Waals surface area contributed by atoms with Crippen LogP contribution in [0.5, 0.6) is 0 Å². The summed E-state index contributed by atoms with van der Waals surface area (Å²) in [5, 5.41) is 16.0. The van der Waals surface area contributed by atoms with Gasteiger partial charge in [-0.3, -0.25) is 4.98 Å². The van der Waals surface area contributed by atoms with E-state index in [1.165, 1.54) is 19.8 Å². The molecule has 1 aromatic rings. The summed E-state index contributed by atoms with van der Waals surface area (Å²) in [7, 11) is 0. The monoisotopic (exact) mass is 283 g/mol. The second kappa shape index (κ2) is 12.6. The lowest BCUT2D eigenvalue weighted by Gasteiger charge is -2.03. The van der Waals surface area contributed by atoms with Crippen molar-refractivity contribution in [3.8, 4) is 0 Å². The molecule has 114 valence electrons. The average molecular weight is 283 g/mol. The Hall–Kier alpha value is -1.46. The molecule has 1 unspecified atom stereocenters. The van der Waals surface area contributed by atoms with Crippen LogP contribution < -0.4 is 0 Å². The van der Waals surface area contributed by atoms with Crippen molar-refractivity contribution in [3.05, 3.63) is 30.1 Å². The van der Waals surface area contributed by atoms with Crippen molar-refractivity contribution in [2.45, 2.75) is 45.6 Å². The summed E-state index contributed by atoms with van der Waals surface area (Å²) >= 11 is 0. The Morgan fingerprint density at radius 3 is 2.40 bits per heavy atom. The summed E-state index contributed by atoms with van der Waals surface area (Å²) in [5.41, 5.74) is 0.570. The molecule has 1 aromatic heterocycles. The molecular formula is C15H25NO4. The zero-order valence-corrected chi connectivity index (χ0v) is 12.3. The number of hydrogen-bond acceptors (Lipinski definition) is 5. The van der Waals surface area contributed by atoms with E-state index in [2.05, 4.69) is 11.9 Å². The molecule has 0 aromatic carbocycles. The van der Waals surface area contributed by atoms with Crippen LogP contribution in [0.3, 0.4) is 0 Å². The Morgan fingerprint density at radius 1 is 1.30 bits per heavy atom. The summed E-state index contributed by atoms with van der Waals surface area (Å²) in [6.07, 6.45) is 7.09. The third-order valence-electron chi connectivity index (χ3n) is 2.41. The van der Waals surface area contributed by atoms with Gasteiger partial charge in [0.2, 0.25) is 0 Å². The van der Waals surface area contributed by atoms with E-state index in [1.807, 2.05) is 0 Å². The van der Waals surface area contributed by atoms with Gasteiger partial charge < -0.3 is 14.9 Å². The summed E-state index contributed by atoms with van der Waals surface area (Å²) in [6, 6.07) is 3.32. The number of carbonyl (C=O) groups is 1. The SMILES string of the molecule is CC(O)CO.CCCCCCOC(=O)c1ccncc1. The molecule has 1 rings (SSSR count). The Kier molecular flexibility index (Phi) is 11.7. The number of pyridine rings is 1. The van der Waals surface area contributed by atoms with E-state index in [9.17, 15) is 4.79 Å². The van der Waals surface area contributed by atoms with E-state index in [1.54, 1.807) is 24.5 Å². The molecule has 0 bridgehead atoms. The third kappa shape index (κ3) is 10.5. The van der Waals surface area contributed by atoms with Gasteiger partial charge in [-0.1, -0.05) is 26.2 Å². The standard InChI is InChI=1S/C12H17NO2.C3H8O2/c1-2-3-4-5-10-15-12(14)11-6-8-13-9-7-11;1-3(5)2-4/h6-9H,2-5,10H2,1H3;3-5H,2H2,1H3. The van der Waals surface area contributed by atoms with Crippen LogP contribution in [0.1, 0.15) is 49.9 Å². The van der Waals surface area contributed by atoms with Crippen molar-refractivity contribution in [1.29, 1.82) is 0 Å². The first-order valence-electron chi connectivity index (χ1n) is 6.97. The van der Waals surface area contributed by atoms with E-state index in [0.29, 0.717) is 12.2 Å². The lowest BCUT2D eigenvalue weighted by molar-refractivity contribution is 0.0497. The van der Waals surface area contributed by atoms with Crippen LogP contribution in [0.4, 0.5) is 0 Å². The minimum absolute atomic E-state index is 0.139. The summed E-state index contributed by atoms with van der Waals surface area (Å²) < 4.78 is 5.11. The molecule has 0 radical (unpaired) electrons. The van der Waals surface area contributed by atoms with Crippen LogP contribution in [0.15, 0.2) is 24.5 Å². The smallest absolute Gasteiger partial charge is 0.338 e. The maximum Gasteiger partial charge on any atom is 0.338 e. The number of esters is 1. The number of aliphatic hydroxyl groups is 2. The normalized spacial score (nSPS) is 11.2. The Balaban J connectivity index is 0.000000621. The van der Waals surface area contributed by atoms with Gasteiger partial charge in [0.1, 0.15) is 0 Å². The highest BCUT2D eigenvalue weighted by Gasteiger charge is 2.04. The lowest BCUT2D eigenvalue weighted by atomic mass is 10.2. The first-order chi connectivity index (χ1) is 9.61. The van der Waals surface area contributed by atoms with Crippen LogP contribution in [0.25, 0.3) is 0 Å². The van der Waals surface area contributed by atoms with Crippen LogP contribution in [0.2, 0.25) is 0 Å². The van der Waals surface area contributed by atoms with Crippen LogP contribution >= 0.6 is 0 Å². The molecule has 0 aliphatic rings. The molecule has 0 spiro atoms. The number of aliphatic hydroxyl groups excluding tert-OH is 2. The van der Waals surface area contributed by atoms with Crippen molar-refractivity contribution < 1.29 is 19.7 Å². The fourth-order valence-corrected chi connectivity index (χ4v) is 1.27. The number of nitrogens with zero attached hydrogens (tertiary/aromatic N) is 1. The van der Waals surface area contributed by atoms with E-state index in [0.717, 1.165) is 12.8 Å². The molecule has 0 amide bonds. The first-order valence-corrected chi connectivity index (χ1v) is 6.97. The fourth-order valence-electron chi connectivity index (χ4n) is 1.27. The molecule has 1 heterocycles. The first kappa shape index (κ1) is 18.5. The largest absolute Gasteiger partial charge is 0.462 e. The van der Waals surface area contributed by atoms with Gasteiger partial charge in [-0.05, 0) is 25.5 Å². The van der Waals surface area contributed by atoms with Gasteiger partial charge >= 0.3 is 5.97 Å². The molecule has 0 fully saturated rings. The van der Waals surface area contributed by atoms with E-state index < -0.39 is 6.10 Å². The number of aromatic nitrogens is 1. The van der Waals surface area contributed by atoms with Crippen LogP contribution in [-0.4, -0.2) is 40.5 Å². The number of ether oxygens (including phenoxy) is 1. The third-order valence-corrected chi connectivity index (χ3v) is 2.41. The van der Waals surface area contributed by atoms with Gasteiger partial charge in [-0.2, -0.15) is 0 Å². The second-order valence-electron chi connectivity index (χ2n) is 4.46. The van der Waals surface area contributed by atoms with Crippen molar-refractivity contribution >= 4 is 5.97 Å². The minimum atomic E-state index is -0.560. The minimum Gasteiger partial charge on any atom is -0.462 e. The number of unbranched alkanes of at least 4 members (excludes halogenated alkanes) is 3. The Labute approximate surface area is 120 Å². The maximum atomic E-state index is 11.4. The van der Waals surface area contributed by atoms with Gasteiger partial charge in [-0.25, -0.2) is 4.79 Å². The Bertz CT molecular complexity index is 341. The highest BCUT2D eigenvalue weighted by Crippen LogP contribution is 2.02. The fraction of sp³-hybridized carbons (Fsp3) is 0.600. The molecule has 0 saturated carbocycles. The molecule has 0 aliphatic heterocycles. The molecule has 5 heteroatoms. The van der Waals surface area contributed by atoms with Crippen molar-refractivity contribution in [3.63, 3.8) is 0 Å². The summed E-state index contributed by atoms with van der Waals surface area (Å²) in [4.78, 5) is 15.3. The molecule has 20 heavy (non-hydrogen) atoms. The van der Waals surface area contributed by atoms with Gasteiger partial charge in [0.25, 0.3) is 0 Å². The van der Waals surface area contributed by atoms with Crippen molar-refractivity contribution in [2.24, 2.45) is 0 Å². The molecular weight excluding hydrogens is 258 g/mol. The van der Waals surface area contributed by atoms with Crippen LogP contribution in [0, 0.1) is 0 Å². The molecule has 2 N–H and O–H groups in total. The molecule has 5 nitrogen and oxygen atoms in total.